The van der Waals surface area contributed by atoms with Crippen LogP contribution in [0, 0.1) is 6.92 Å². The number of benzene rings is 1. The second-order valence-corrected chi connectivity index (χ2v) is 10.5. The van der Waals surface area contributed by atoms with E-state index in [4.69, 9.17) is 4.42 Å². The second-order valence-electron chi connectivity index (χ2n) is 8.85. The molecule has 1 aliphatic heterocycles. The molecule has 31 heavy (non-hydrogen) atoms. The summed E-state index contributed by atoms with van der Waals surface area (Å²) in [6, 6.07) is 7.67. The van der Waals surface area contributed by atoms with Crippen LogP contribution in [0.5, 0.6) is 0 Å². The quantitative estimate of drug-likeness (QED) is 0.733. The lowest BCUT2D eigenvalue weighted by molar-refractivity contribution is 0.0695. The summed E-state index contributed by atoms with van der Waals surface area (Å²) in [6.45, 7) is 8.13. The van der Waals surface area contributed by atoms with Gasteiger partial charge in [-0.2, -0.15) is 0 Å². The van der Waals surface area contributed by atoms with Crippen LogP contribution in [0.15, 0.2) is 45.9 Å². The monoisotopic (exact) mass is 447 g/mol. The van der Waals surface area contributed by atoms with Crippen molar-refractivity contribution >= 4 is 21.8 Å². The number of piperidine rings is 1. The fraction of sp³-hybridized carbons (Fsp3) is 0.455. The van der Waals surface area contributed by atoms with E-state index in [9.17, 15) is 18.0 Å². The number of sulfonamides is 1. The van der Waals surface area contributed by atoms with Gasteiger partial charge in [-0.05, 0) is 70.9 Å². The summed E-state index contributed by atoms with van der Waals surface area (Å²) in [5.41, 5.74) is 0.625. The zero-order chi connectivity index (χ0) is 22.8. The van der Waals surface area contributed by atoms with Crippen molar-refractivity contribution in [3.63, 3.8) is 0 Å². The third-order valence-corrected chi connectivity index (χ3v) is 6.81. The minimum absolute atomic E-state index is 0.0305. The zero-order valence-corrected chi connectivity index (χ0v) is 19.1. The Kier molecular flexibility index (Phi) is 6.56. The molecule has 0 radical (unpaired) electrons. The van der Waals surface area contributed by atoms with Crippen LogP contribution in [0.25, 0.3) is 0 Å². The third-order valence-electron chi connectivity index (χ3n) is 5.04. The number of hydrogen-bond acceptors (Lipinski definition) is 5. The summed E-state index contributed by atoms with van der Waals surface area (Å²) >= 11 is 0. The molecule has 0 spiro atoms. The Labute approximate surface area is 183 Å². The van der Waals surface area contributed by atoms with E-state index >= 15 is 0 Å². The molecule has 2 N–H and O–H groups in total. The average molecular weight is 448 g/mol. The molecule has 0 atom stereocenters. The topological polar surface area (TPSA) is 109 Å². The molecule has 1 fully saturated rings. The Morgan fingerprint density at radius 3 is 2.19 bits per heavy atom. The van der Waals surface area contributed by atoms with Crippen molar-refractivity contribution in [1.29, 1.82) is 0 Å². The second kappa shape index (κ2) is 8.84. The minimum Gasteiger partial charge on any atom is -0.459 e. The van der Waals surface area contributed by atoms with Crippen molar-refractivity contribution in [3.05, 3.63) is 53.5 Å². The summed E-state index contributed by atoms with van der Waals surface area (Å²) in [5, 5.41) is 2.96. The molecule has 0 bridgehead atoms. The summed E-state index contributed by atoms with van der Waals surface area (Å²) in [6.07, 6.45) is 2.76. The Bertz CT molecular complexity index is 1040. The maximum atomic E-state index is 12.8. The maximum absolute atomic E-state index is 12.8. The predicted octanol–water partition coefficient (Wildman–Crippen LogP) is 2.70. The van der Waals surface area contributed by atoms with E-state index in [0.29, 0.717) is 37.3 Å². The normalized spacial score (nSPS) is 15.7. The van der Waals surface area contributed by atoms with Gasteiger partial charge >= 0.3 is 0 Å². The largest absolute Gasteiger partial charge is 0.459 e. The molecule has 2 aromatic rings. The van der Waals surface area contributed by atoms with Gasteiger partial charge in [-0.25, -0.2) is 13.1 Å². The first-order chi connectivity index (χ1) is 14.5. The molecule has 168 valence electrons. The van der Waals surface area contributed by atoms with Gasteiger partial charge in [-0.3, -0.25) is 9.59 Å². The number of hydrogen-bond donors (Lipinski definition) is 2. The van der Waals surface area contributed by atoms with Crippen molar-refractivity contribution in [3.8, 4) is 0 Å². The molecular formula is C22H29N3O5S. The Morgan fingerprint density at radius 1 is 1.06 bits per heavy atom. The zero-order valence-electron chi connectivity index (χ0n) is 18.3. The van der Waals surface area contributed by atoms with Gasteiger partial charge in [0.15, 0.2) is 5.76 Å². The van der Waals surface area contributed by atoms with Gasteiger partial charge in [-0.15, -0.1) is 0 Å². The molecule has 8 nitrogen and oxygen atoms in total. The van der Waals surface area contributed by atoms with Crippen molar-refractivity contribution in [1.82, 2.24) is 14.9 Å². The van der Waals surface area contributed by atoms with Crippen molar-refractivity contribution in [2.75, 3.05) is 13.1 Å². The highest BCUT2D eigenvalue weighted by molar-refractivity contribution is 7.89. The Hall–Kier alpha value is -2.65. The van der Waals surface area contributed by atoms with Crippen LogP contribution in [-0.2, 0) is 10.0 Å². The smallest absolute Gasteiger partial charge is 0.287 e. The van der Waals surface area contributed by atoms with Gasteiger partial charge in [-0.1, -0.05) is 0 Å². The van der Waals surface area contributed by atoms with Gasteiger partial charge < -0.3 is 14.6 Å². The number of likely N-dealkylation sites (tertiary alicyclic amines) is 1. The number of nitrogens with one attached hydrogen (secondary N) is 2. The lowest BCUT2D eigenvalue weighted by Gasteiger charge is -2.32. The van der Waals surface area contributed by atoms with E-state index in [0.717, 1.165) is 5.56 Å². The Balaban J connectivity index is 1.57. The van der Waals surface area contributed by atoms with Crippen molar-refractivity contribution < 1.29 is 22.4 Å². The molecule has 1 saturated heterocycles. The van der Waals surface area contributed by atoms with Crippen LogP contribution < -0.4 is 10.0 Å². The van der Waals surface area contributed by atoms with Gasteiger partial charge in [0.2, 0.25) is 10.0 Å². The third kappa shape index (κ3) is 5.74. The lowest BCUT2D eigenvalue weighted by Crippen LogP contribution is -2.46. The van der Waals surface area contributed by atoms with Crippen molar-refractivity contribution in [2.45, 2.75) is 57.0 Å². The van der Waals surface area contributed by atoms with Gasteiger partial charge in [0, 0.05) is 35.8 Å². The molecule has 0 unspecified atom stereocenters. The summed E-state index contributed by atoms with van der Waals surface area (Å²) in [4.78, 5) is 26.9. The fourth-order valence-electron chi connectivity index (χ4n) is 3.50. The predicted molar refractivity (Wildman–Crippen MR) is 116 cm³/mol. The number of rotatable bonds is 5. The molecule has 9 heteroatoms. The molecule has 0 saturated carbocycles. The molecule has 1 aliphatic rings. The lowest BCUT2D eigenvalue weighted by atomic mass is 10.0. The van der Waals surface area contributed by atoms with Crippen LogP contribution in [0.3, 0.4) is 0 Å². The molecule has 2 amide bonds. The summed E-state index contributed by atoms with van der Waals surface area (Å²) in [5.74, 6) is -0.0816. The van der Waals surface area contributed by atoms with Crippen LogP contribution in [0.1, 0.15) is 60.1 Å². The van der Waals surface area contributed by atoms with Gasteiger partial charge in [0.05, 0.1) is 11.2 Å². The van der Waals surface area contributed by atoms with E-state index in [1.807, 2.05) is 6.92 Å². The van der Waals surface area contributed by atoms with Gasteiger partial charge in [0.25, 0.3) is 11.8 Å². The molecular weight excluding hydrogens is 418 g/mol. The first-order valence-electron chi connectivity index (χ1n) is 10.2. The van der Waals surface area contributed by atoms with E-state index in [-0.39, 0.29) is 22.8 Å². The highest BCUT2D eigenvalue weighted by atomic mass is 32.2. The SMILES string of the molecule is Cc1ccoc1C(=O)NC1CCN(C(=O)c2ccc(S(=O)(=O)NC(C)(C)C)cc2)CC1. The first-order valence-corrected chi connectivity index (χ1v) is 11.7. The number of carbonyl (C=O) groups excluding carboxylic acids is 2. The maximum Gasteiger partial charge on any atom is 0.287 e. The summed E-state index contributed by atoms with van der Waals surface area (Å²) in [7, 11) is -3.65. The molecule has 0 aliphatic carbocycles. The molecule has 2 heterocycles. The molecule has 3 rings (SSSR count). The summed E-state index contributed by atoms with van der Waals surface area (Å²) < 4.78 is 32.6. The first kappa shape index (κ1) is 23.0. The molecule has 1 aromatic carbocycles. The highest BCUT2D eigenvalue weighted by Crippen LogP contribution is 2.18. The van der Waals surface area contributed by atoms with E-state index < -0.39 is 15.6 Å². The average Bonchev–Trinajstić information content (AvgIpc) is 3.12. The highest BCUT2D eigenvalue weighted by Gasteiger charge is 2.27. The Morgan fingerprint density at radius 2 is 1.68 bits per heavy atom. The number of furan rings is 1. The number of amides is 2. The minimum atomic E-state index is -3.65. The van der Waals surface area contributed by atoms with E-state index in [1.165, 1.54) is 30.5 Å². The number of nitrogens with zero attached hydrogens (tertiary/aromatic N) is 1. The van der Waals surface area contributed by atoms with E-state index in [1.54, 1.807) is 31.7 Å². The fourth-order valence-corrected chi connectivity index (χ4v) is 4.92. The number of carbonyl (C=O) groups is 2. The van der Waals surface area contributed by atoms with Crippen molar-refractivity contribution in [2.24, 2.45) is 0 Å². The van der Waals surface area contributed by atoms with Gasteiger partial charge in [0.1, 0.15) is 0 Å². The van der Waals surface area contributed by atoms with Crippen LogP contribution in [0.2, 0.25) is 0 Å². The standard InChI is InChI=1S/C22H29N3O5S/c1-15-11-14-30-19(15)20(26)23-17-9-12-25(13-10-17)21(27)16-5-7-18(8-6-16)31(28,29)24-22(2,3)4/h5-8,11,14,17,24H,9-10,12-13H2,1-4H3,(H,23,26). The van der Waals surface area contributed by atoms with Crippen LogP contribution >= 0.6 is 0 Å². The van der Waals surface area contributed by atoms with Crippen LogP contribution in [-0.4, -0.2) is 49.8 Å². The number of aryl methyl sites for hydroxylation is 1. The van der Waals surface area contributed by atoms with E-state index in [2.05, 4.69) is 10.0 Å². The van der Waals surface area contributed by atoms with Crippen LogP contribution in [0.4, 0.5) is 0 Å². The molecule has 1 aromatic heterocycles.